The molecule has 0 atom stereocenters. The molecule has 0 amide bonds. The normalized spacial score (nSPS) is 15.3. The van der Waals surface area contributed by atoms with Gasteiger partial charge in [0, 0.05) is 6.54 Å². The lowest BCUT2D eigenvalue weighted by molar-refractivity contribution is 0.359. The highest BCUT2D eigenvalue weighted by Crippen LogP contribution is 2.35. The molecule has 0 fully saturated rings. The van der Waals surface area contributed by atoms with Crippen molar-refractivity contribution in [2.75, 3.05) is 6.61 Å². The van der Waals surface area contributed by atoms with E-state index < -0.39 is 9.84 Å². The number of ether oxygens (including phenoxy) is 1. The molecule has 0 aromatic heterocycles. The number of sulfone groups is 1. The highest BCUT2D eigenvalue weighted by Gasteiger charge is 2.31. The topological polar surface area (TPSA) is 69.4 Å². The van der Waals surface area contributed by atoms with Crippen molar-refractivity contribution in [1.29, 1.82) is 0 Å². The van der Waals surface area contributed by atoms with Gasteiger partial charge in [-0.25, -0.2) is 8.42 Å². The second-order valence-corrected chi connectivity index (χ2v) is 7.22. The lowest BCUT2D eigenvalue weighted by atomic mass is 10.1. The SMILES string of the molecule is Cc1cccc(OCC2=Cc3c(CN)cccc3S2(=O)=O)c1. The van der Waals surface area contributed by atoms with Crippen LogP contribution in [-0.4, -0.2) is 15.0 Å². The lowest BCUT2D eigenvalue weighted by Crippen LogP contribution is -2.09. The summed E-state index contributed by atoms with van der Waals surface area (Å²) in [6, 6.07) is 12.7. The smallest absolute Gasteiger partial charge is 0.206 e. The summed E-state index contributed by atoms with van der Waals surface area (Å²) in [7, 11) is -3.48. The van der Waals surface area contributed by atoms with Crippen molar-refractivity contribution in [2.24, 2.45) is 5.73 Å². The van der Waals surface area contributed by atoms with Crippen LogP contribution in [0.1, 0.15) is 16.7 Å². The number of hydrogen-bond acceptors (Lipinski definition) is 4. The van der Waals surface area contributed by atoms with Gasteiger partial charge in [0.2, 0.25) is 9.84 Å². The van der Waals surface area contributed by atoms with Crippen LogP contribution >= 0.6 is 0 Å². The summed E-state index contributed by atoms with van der Waals surface area (Å²) in [5, 5.41) is 0. The molecule has 0 aliphatic carbocycles. The minimum atomic E-state index is -3.48. The maximum absolute atomic E-state index is 12.6. The molecule has 22 heavy (non-hydrogen) atoms. The first-order valence-electron chi connectivity index (χ1n) is 6.99. The summed E-state index contributed by atoms with van der Waals surface area (Å²) in [5.41, 5.74) is 8.26. The van der Waals surface area contributed by atoms with E-state index in [-0.39, 0.29) is 11.5 Å². The van der Waals surface area contributed by atoms with Gasteiger partial charge in [-0.2, -0.15) is 0 Å². The Morgan fingerprint density at radius 2 is 1.91 bits per heavy atom. The quantitative estimate of drug-likeness (QED) is 0.941. The number of fused-ring (bicyclic) bond motifs is 1. The molecule has 114 valence electrons. The van der Waals surface area contributed by atoms with Gasteiger partial charge in [-0.15, -0.1) is 0 Å². The van der Waals surface area contributed by atoms with Crippen LogP contribution in [0, 0.1) is 6.92 Å². The molecule has 4 nitrogen and oxygen atoms in total. The first kappa shape index (κ1) is 14.8. The molecule has 1 aliphatic rings. The van der Waals surface area contributed by atoms with Crippen LogP contribution in [-0.2, 0) is 16.4 Å². The van der Waals surface area contributed by atoms with Crippen molar-refractivity contribution in [3.05, 3.63) is 64.1 Å². The van der Waals surface area contributed by atoms with Gasteiger partial charge in [-0.05, 0) is 47.9 Å². The Kier molecular flexibility index (Phi) is 3.76. The van der Waals surface area contributed by atoms with Crippen LogP contribution in [0.5, 0.6) is 5.75 Å². The number of hydrogen-bond donors (Lipinski definition) is 1. The van der Waals surface area contributed by atoms with Crippen molar-refractivity contribution in [1.82, 2.24) is 0 Å². The zero-order chi connectivity index (χ0) is 15.7. The summed E-state index contributed by atoms with van der Waals surface area (Å²) in [4.78, 5) is 0.586. The van der Waals surface area contributed by atoms with Crippen molar-refractivity contribution in [3.8, 4) is 5.75 Å². The minimum absolute atomic E-state index is 0.0183. The Morgan fingerprint density at radius 3 is 2.64 bits per heavy atom. The summed E-state index contributed by atoms with van der Waals surface area (Å²) in [5.74, 6) is 0.658. The third-order valence-electron chi connectivity index (χ3n) is 3.69. The van der Waals surface area contributed by atoms with Gasteiger partial charge in [0.1, 0.15) is 12.4 Å². The Labute approximate surface area is 130 Å². The molecule has 3 rings (SSSR count). The van der Waals surface area contributed by atoms with Crippen LogP contribution in [0.2, 0.25) is 0 Å². The maximum atomic E-state index is 12.6. The predicted octanol–water partition coefficient (Wildman–Crippen LogP) is 2.66. The van der Waals surface area contributed by atoms with Gasteiger partial charge in [0.05, 0.1) is 9.80 Å². The fourth-order valence-corrected chi connectivity index (χ4v) is 4.03. The molecule has 2 aromatic rings. The first-order valence-corrected chi connectivity index (χ1v) is 8.48. The third kappa shape index (κ3) is 2.53. The summed E-state index contributed by atoms with van der Waals surface area (Å²) in [6.07, 6.45) is 1.67. The van der Waals surface area contributed by atoms with Crippen LogP contribution < -0.4 is 10.5 Å². The first-order chi connectivity index (χ1) is 10.5. The second kappa shape index (κ2) is 5.59. The van der Waals surface area contributed by atoms with Crippen LogP contribution in [0.25, 0.3) is 6.08 Å². The molecule has 0 bridgehead atoms. The van der Waals surface area contributed by atoms with Gasteiger partial charge in [0.15, 0.2) is 0 Å². The van der Waals surface area contributed by atoms with E-state index in [0.717, 1.165) is 11.1 Å². The summed E-state index contributed by atoms with van der Waals surface area (Å²) in [6.45, 7) is 2.29. The van der Waals surface area contributed by atoms with E-state index in [1.54, 1.807) is 18.2 Å². The molecular weight excluding hydrogens is 298 g/mol. The summed E-state index contributed by atoms with van der Waals surface area (Å²) < 4.78 is 30.7. The highest BCUT2D eigenvalue weighted by molar-refractivity contribution is 7.95. The van der Waals surface area contributed by atoms with Crippen molar-refractivity contribution in [2.45, 2.75) is 18.4 Å². The van der Waals surface area contributed by atoms with E-state index in [1.165, 1.54) is 0 Å². The molecular formula is C17H17NO3S. The van der Waals surface area contributed by atoms with E-state index in [4.69, 9.17) is 10.5 Å². The Hall–Kier alpha value is -2.11. The molecule has 0 saturated heterocycles. The number of nitrogens with two attached hydrogens (primary N) is 1. The van der Waals surface area contributed by atoms with E-state index >= 15 is 0 Å². The zero-order valence-electron chi connectivity index (χ0n) is 12.2. The average Bonchev–Trinajstić information content (AvgIpc) is 2.76. The second-order valence-electron chi connectivity index (χ2n) is 5.25. The van der Waals surface area contributed by atoms with Gasteiger partial charge in [-0.1, -0.05) is 24.3 Å². The molecule has 0 spiro atoms. The Balaban J connectivity index is 1.89. The largest absolute Gasteiger partial charge is 0.488 e. The molecule has 5 heteroatoms. The Bertz CT molecular complexity index is 854. The highest BCUT2D eigenvalue weighted by atomic mass is 32.2. The van der Waals surface area contributed by atoms with Gasteiger partial charge in [0.25, 0.3) is 0 Å². The van der Waals surface area contributed by atoms with Gasteiger partial charge in [-0.3, -0.25) is 0 Å². The van der Waals surface area contributed by atoms with Crippen LogP contribution in [0.3, 0.4) is 0 Å². The monoisotopic (exact) mass is 315 g/mol. The number of rotatable bonds is 4. The zero-order valence-corrected chi connectivity index (χ0v) is 13.1. The number of benzene rings is 2. The Morgan fingerprint density at radius 1 is 1.14 bits per heavy atom. The van der Waals surface area contributed by atoms with E-state index in [2.05, 4.69) is 0 Å². The molecule has 0 saturated carbocycles. The molecule has 2 aromatic carbocycles. The molecule has 0 unspecified atom stereocenters. The fourth-order valence-electron chi connectivity index (χ4n) is 2.52. The summed E-state index contributed by atoms with van der Waals surface area (Å²) >= 11 is 0. The van der Waals surface area contributed by atoms with Crippen molar-refractivity contribution >= 4 is 15.9 Å². The lowest BCUT2D eigenvalue weighted by Gasteiger charge is -2.08. The average molecular weight is 315 g/mol. The maximum Gasteiger partial charge on any atom is 0.206 e. The number of aryl methyl sites for hydroxylation is 1. The third-order valence-corrected chi connectivity index (χ3v) is 5.55. The standard InChI is InChI=1S/C17H17NO3S/c1-12-4-2-6-14(8-12)21-11-15-9-16-13(10-18)5-3-7-17(16)22(15,19)20/h2-9H,10-11,18H2,1H3. The van der Waals surface area contributed by atoms with E-state index in [1.807, 2.05) is 37.3 Å². The van der Waals surface area contributed by atoms with Gasteiger partial charge >= 0.3 is 0 Å². The van der Waals surface area contributed by atoms with Crippen LogP contribution in [0.15, 0.2) is 52.3 Å². The molecule has 1 aliphatic heterocycles. The minimum Gasteiger partial charge on any atom is -0.488 e. The van der Waals surface area contributed by atoms with Crippen molar-refractivity contribution < 1.29 is 13.2 Å². The molecule has 2 N–H and O–H groups in total. The van der Waals surface area contributed by atoms with Crippen molar-refractivity contribution in [3.63, 3.8) is 0 Å². The fraction of sp³-hybridized carbons (Fsp3) is 0.176. The molecule has 0 radical (unpaired) electrons. The van der Waals surface area contributed by atoms with E-state index in [9.17, 15) is 8.42 Å². The van der Waals surface area contributed by atoms with E-state index in [0.29, 0.717) is 22.8 Å². The van der Waals surface area contributed by atoms with Gasteiger partial charge < -0.3 is 10.5 Å². The molecule has 1 heterocycles. The predicted molar refractivity (Wildman–Crippen MR) is 86.2 cm³/mol. The van der Waals surface area contributed by atoms with Crippen LogP contribution in [0.4, 0.5) is 0 Å².